The van der Waals surface area contributed by atoms with Crippen molar-refractivity contribution < 1.29 is 4.79 Å². The quantitative estimate of drug-likeness (QED) is 0.741. The molecular formula is C15H32N4O. The highest BCUT2D eigenvalue weighted by atomic mass is 16.1. The Morgan fingerprint density at radius 3 is 1.55 bits per heavy atom. The zero-order valence-corrected chi connectivity index (χ0v) is 13.6. The maximum atomic E-state index is 11.0. The van der Waals surface area contributed by atoms with Gasteiger partial charge >= 0.3 is 0 Å². The van der Waals surface area contributed by atoms with E-state index in [4.69, 9.17) is 11.5 Å². The number of amides is 1. The maximum Gasteiger partial charge on any atom is 0.223 e. The molecule has 2 saturated heterocycles. The zero-order valence-electron chi connectivity index (χ0n) is 13.6. The lowest BCUT2D eigenvalue weighted by molar-refractivity contribution is -0.129. The van der Waals surface area contributed by atoms with Crippen molar-refractivity contribution in [1.82, 2.24) is 9.80 Å². The van der Waals surface area contributed by atoms with E-state index in [0.29, 0.717) is 0 Å². The fourth-order valence-corrected chi connectivity index (χ4v) is 2.49. The van der Waals surface area contributed by atoms with Crippen LogP contribution >= 0.6 is 0 Å². The Balaban J connectivity index is 0.000000204. The average molecular weight is 284 g/mol. The molecular weight excluding hydrogens is 252 g/mol. The Bertz CT molecular complexity index is 312. The van der Waals surface area contributed by atoms with Gasteiger partial charge in [0.25, 0.3) is 0 Å². The standard InChI is InChI=1S/C8H16N2O.C7H16N2/c1-8(7(9)11)3-5-10(2)6-4-8;1-7(8)3-5-9(2)6-4-7/h3-6H2,1-2H3,(H2,9,11);3-6,8H2,1-2H3. The third-order valence-electron chi connectivity index (χ3n) is 4.81. The smallest absolute Gasteiger partial charge is 0.223 e. The van der Waals surface area contributed by atoms with E-state index >= 15 is 0 Å². The predicted octanol–water partition coefficient (Wildman–Crippen LogP) is 0.633. The summed E-state index contributed by atoms with van der Waals surface area (Å²) in [7, 11) is 4.22. The average Bonchev–Trinajstić information content (AvgIpc) is 2.38. The highest BCUT2D eigenvalue weighted by molar-refractivity contribution is 5.80. The molecule has 2 heterocycles. The van der Waals surface area contributed by atoms with Crippen LogP contribution in [0.2, 0.25) is 0 Å². The number of likely N-dealkylation sites (tertiary alicyclic amines) is 2. The first kappa shape index (κ1) is 17.4. The fraction of sp³-hybridized carbons (Fsp3) is 0.933. The molecule has 2 aliphatic heterocycles. The molecule has 0 aromatic rings. The summed E-state index contributed by atoms with van der Waals surface area (Å²) >= 11 is 0. The minimum absolute atomic E-state index is 0.118. The highest BCUT2D eigenvalue weighted by Crippen LogP contribution is 2.29. The molecule has 2 aliphatic rings. The monoisotopic (exact) mass is 284 g/mol. The highest BCUT2D eigenvalue weighted by Gasteiger charge is 2.33. The Hall–Kier alpha value is -0.650. The van der Waals surface area contributed by atoms with Crippen molar-refractivity contribution >= 4 is 5.91 Å². The first-order chi connectivity index (χ1) is 9.15. The summed E-state index contributed by atoms with van der Waals surface area (Å²) in [5, 5.41) is 0. The fourth-order valence-electron chi connectivity index (χ4n) is 2.49. The lowest BCUT2D eigenvalue weighted by Gasteiger charge is -2.35. The van der Waals surface area contributed by atoms with Crippen LogP contribution in [0, 0.1) is 5.41 Å². The summed E-state index contributed by atoms with van der Waals surface area (Å²) in [5.41, 5.74) is 11.1. The van der Waals surface area contributed by atoms with E-state index in [0.717, 1.165) is 51.9 Å². The van der Waals surface area contributed by atoms with Crippen LogP contribution in [0.25, 0.3) is 0 Å². The van der Waals surface area contributed by atoms with Gasteiger partial charge in [-0.05, 0) is 72.9 Å². The SMILES string of the molecule is CN1CCC(C)(C(N)=O)CC1.CN1CCC(C)(N)CC1. The molecule has 0 unspecified atom stereocenters. The zero-order chi connectivity index (χ0) is 15.4. The lowest BCUT2D eigenvalue weighted by Crippen LogP contribution is -2.46. The summed E-state index contributed by atoms with van der Waals surface area (Å²) in [6.45, 7) is 8.39. The van der Waals surface area contributed by atoms with Gasteiger partial charge in [0.15, 0.2) is 0 Å². The molecule has 4 N–H and O–H groups in total. The van der Waals surface area contributed by atoms with Gasteiger partial charge in [-0.3, -0.25) is 4.79 Å². The molecule has 5 nitrogen and oxygen atoms in total. The van der Waals surface area contributed by atoms with E-state index in [1.807, 2.05) is 6.92 Å². The van der Waals surface area contributed by atoms with Crippen molar-refractivity contribution in [3.63, 3.8) is 0 Å². The van der Waals surface area contributed by atoms with Crippen molar-refractivity contribution in [3.8, 4) is 0 Å². The minimum Gasteiger partial charge on any atom is -0.369 e. The molecule has 0 radical (unpaired) electrons. The Kier molecular flexibility index (Phi) is 5.98. The summed E-state index contributed by atoms with van der Waals surface area (Å²) in [6, 6.07) is 0. The molecule has 0 aromatic carbocycles. The van der Waals surface area contributed by atoms with Gasteiger partial charge in [-0.15, -0.1) is 0 Å². The van der Waals surface area contributed by atoms with E-state index in [9.17, 15) is 4.79 Å². The second-order valence-electron chi connectivity index (χ2n) is 7.19. The number of hydrogen-bond donors (Lipinski definition) is 2. The van der Waals surface area contributed by atoms with E-state index in [-0.39, 0.29) is 16.9 Å². The van der Waals surface area contributed by atoms with Crippen molar-refractivity contribution in [1.29, 1.82) is 0 Å². The van der Waals surface area contributed by atoms with Crippen LogP contribution in [0.15, 0.2) is 0 Å². The minimum atomic E-state index is -0.244. The summed E-state index contributed by atoms with van der Waals surface area (Å²) in [5.74, 6) is -0.148. The molecule has 20 heavy (non-hydrogen) atoms. The van der Waals surface area contributed by atoms with E-state index < -0.39 is 0 Å². The van der Waals surface area contributed by atoms with E-state index in [2.05, 4.69) is 30.8 Å². The summed E-state index contributed by atoms with van der Waals surface area (Å²) in [4.78, 5) is 15.5. The second kappa shape index (κ2) is 6.87. The largest absolute Gasteiger partial charge is 0.369 e. The maximum absolute atomic E-state index is 11.0. The third-order valence-corrected chi connectivity index (χ3v) is 4.81. The summed E-state index contributed by atoms with van der Waals surface area (Å²) < 4.78 is 0. The van der Waals surface area contributed by atoms with Gasteiger partial charge in [0, 0.05) is 11.0 Å². The van der Waals surface area contributed by atoms with Gasteiger partial charge < -0.3 is 21.3 Å². The van der Waals surface area contributed by atoms with Crippen LogP contribution in [0.5, 0.6) is 0 Å². The Morgan fingerprint density at radius 1 is 0.900 bits per heavy atom. The van der Waals surface area contributed by atoms with Crippen molar-refractivity contribution in [3.05, 3.63) is 0 Å². The normalized spacial score (nSPS) is 26.4. The van der Waals surface area contributed by atoms with Crippen LogP contribution in [0.1, 0.15) is 39.5 Å². The van der Waals surface area contributed by atoms with Crippen LogP contribution in [0.4, 0.5) is 0 Å². The van der Waals surface area contributed by atoms with Gasteiger partial charge in [0.05, 0.1) is 0 Å². The first-order valence-electron chi connectivity index (χ1n) is 7.61. The molecule has 0 atom stereocenters. The molecule has 1 amide bonds. The number of nitrogens with zero attached hydrogens (tertiary/aromatic N) is 2. The Labute approximate surface area is 123 Å². The molecule has 0 aliphatic carbocycles. The lowest BCUT2D eigenvalue weighted by atomic mass is 9.80. The first-order valence-corrected chi connectivity index (χ1v) is 7.61. The van der Waals surface area contributed by atoms with Crippen LogP contribution < -0.4 is 11.5 Å². The Morgan fingerprint density at radius 2 is 1.25 bits per heavy atom. The number of rotatable bonds is 1. The van der Waals surface area contributed by atoms with E-state index in [1.165, 1.54) is 0 Å². The second-order valence-corrected chi connectivity index (χ2v) is 7.19. The molecule has 2 fully saturated rings. The van der Waals surface area contributed by atoms with Gasteiger partial charge in [-0.1, -0.05) is 6.92 Å². The van der Waals surface area contributed by atoms with Gasteiger partial charge in [0.2, 0.25) is 5.91 Å². The van der Waals surface area contributed by atoms with Crippen LogP contribution in [0.3, 0.4) is 0 Å². The van der Waals surface area contributed by atoms with Crippen molar-refractivity contribution in [2.75, 3.05) is 40.3 Å². The molecule has 5 heteroatoms. The number of hydrogen-bond acceptors (Lipinski definition) is 4. The molecule has 0 aromatic heterocycles. The molecule has 118 valence electrons. The predicted molar refractivity (Wildman–Crippen MR) is 83.4 cm³/mol. The van der Waals surface area contributed by atoms with Crippen molar-refractivity contribution in [2.45, 2.75) is 45.1 Å². The van der Waals surface area contributed by atoms with Crippen LogP contribution in [-0.4, -0.2) is 61.5 Å². The number of carbonyl (C=O) groups is 1. The van der Waals surface area contributed by atoms with Crippen molar-refractivity contribution in [2.24, 2.45) is 16.9 Å². The van der Waals surface area contributed by atoms with Crippen LogP contribution in [-0.2, 0) is 4.79 Å². The molecule has 2 rings (SSSR count). The third kappa shape index (κ3) is 5.38. The number of carbonyl (C=O) groups excluding carboxylic acids is 1. The summed E-state index contributed by atoms with van der Waals surface area (Å²) in [6.07, 6.45) is 4.09. The topological polar surface area (TPSA) is 75.6 Å². The molecule has 0 spiro atoms. The van der Waals surface area contributed by atoms with Gasteiger partial charge in [0.1, 0.15) is 0 Å². The molecule has 0 saturated carbocycles. The van der Waals surface area contributed by atoms with Gasteiger partial charge in [-0.25, -0.2) is 0 Å². The van der Waals surface area contributed by atoms with E-state index in [1.54, 1.807) is 0 Å². The molecule has 0 bridgehead atoms. The number of primary amides is 1. The van der Waals surface area contributed by atoms with Gasteiger partial charge in [-0.2, -0.15) is 0 Å². The number of piperidine rings is 2. The number of nitrogens with two attached hydrogens (primary N) is 2.